The van der Waals surface area contributed by atoms with E-state index in [4.69, 9.17) is 10.7 Å². The third kappa shape index (κ3) is 2.11. The van der Waals surface area contributed by atoms with E-state index in [1.54, 1.807) is 6.07 Å². The van der Waals surface area contributed by atoms with Crippen molar-refractivity contribution in [2.24, 2.45) is 0 Å². The van der Waals surface area contributed by atoms with Crippen molar-refractivity contribution < 1.29 is 4.39 Å². The van der Waals surface area contributed by atoms with Gasteiger partial charge in [0.05, 0.1) is 11.1 Å². The molecule has 1 aliphatic carbocycles. The van der Waals surface area contributed by atoms with Crippen molar-refractivity contribution in [3.8, 4) is 11.3 Å². The molecule has 3 N–H and O–H groups in total. The molecule has 1 aliphatic rings. The van der Waals surface area contributed by atoms with Crippen LogP contribution in [0.5, 0.6) is 0 Å². The SMILES string of the molecule is C=C1CCc2c(-c3ccc(F)cc3C)nc3[nH]nc(N)c3c2C1. The lowest BCUT2D eigenvalue weighted by atomic mass is 9.84. The Balaban J connectivity index is 2.06. The molecule has 1 aromatic carbocycles. The van der Waals surface area contributed by atoms with Gasteiger partial charge in [-0.3, -0.25) is 5.10 Å². The molecule has 4 rings (SSSR count). The molecule has 5 heteroatoms. The molecule has 0 aliphatic heterocycles. The first-order valence-electron chi connectivity index (χ1n) is 7.63. The molecule has 0 unspecified atom stereocenters. The number of rotatable bonds is 1. The molecule has 4 nitrogen and oxygen atoms in total. The quantitative estimate of drug-likeness (QED) is 0.674. The summed E-state index contributed by atoms with van der Waals surface area (Å²) in [6.45, 7) is 6.03. The van der Waals surface area contributed by atoms with Gasteiger partial charge in [0.2, 0.25) is 0 Å². The van der Waals surface area contributed by atoms with Crippen LogP contribution in [0.3, 0.4) is 0 Å². The summed E-state index contributed by atoms with van der Waals surface area (Å²) in [5.41, 5.74) is 12.9. The Morgan fingerprint density at radius 2 is 2.09 bits per heavy atom. The Morgan fingerprint density at radius 1 is 1.26 bits per heavy atom. The highest BCUT2D eigenvalue weighted by molar-refractivity contribution is 5.93. The Bertz CT molecular complexity index is 955. The van der Waals surface area contributed by atoms with Gasteiger partial charge < -0.3 is 5.73 Å². The summed E-state index contributed by atoms with van der Waals surface area (Å²) < 4.78 is 13.4. The first-order valence-corrected chi connectivity index (χ1v) is 7.63. The van der Waals surface area contributed by atoms with E-state index >= 15 is 0 Å². The van der Waals surface area contributed by atoms with Gasteiger partial charge in [0.15, 0.2) is 11.5 Å². The van der Waals surface area contributed by atoms with Gasteiger partial charge in [-0.15, -0.1) is 0 Å². The van der Waals surface area contributed by atoms with Crippen LogP contribution in [0.1, 0.15) is 23.1 Å². The van der Waals surface area contributed by atoms with Crippen LogP contribution in [0.4, 0.5) is 10.2 Å². The standard InChI is InChI=1S/C18H17FN4/c1-9-3-5-13-14(7-9)15-17(20)22-23-18(15)21-16(13)12-6-4-11(19)8-10(12)2/h4,6,8H,1,3,5,7H2,2H3,(H3,20,21,22,23). The van der Waals surface area contributed by atoms with Gasteiger partial charge >= 0.3 is 0 Å². The average molecular weight is 308 g/mol. The summed E-state index contributed by atoms with van der Waals surface area (Å²) in [4.78, 5) is 4.74. The predicted octanol–water partition coefficient (Wildman–Crippen LogP) is 3.70. The molecule has 116 valence electrons. The number of hydrogen-bond acceptors (Lipinski definition) is 3. The Hall–Kier alpha value is -2.69. The number of aryl methyl sites for hydroxylation is 1. The van der Waals surface area contributed by atoms with Gasteiger partial charge in [0, 0.05) is 5.56 Å². The molecule has 0 bridgehead atoms. The molecule has 0 radical (unpaired) electrons. The van der Waals surface area contributed by atoms with E-state index in [9.17, 15) is 4.39 Å². The van der Waals surface area contributed by atoms with E-state index < -0.39 is 0 Å². The number of nitrogens with one attached hydrogen (secondary N) is 1. The highest BCUT2D eigenvalue weighted by atomic mass is 19.1. The molecule has 0 fully saturated rings. The van der Waals surface area contributed by atoms with Crippen LogP contribution in [-0.2, 0) is 12.8 Å². The number of nitrogens with zero attached hydrogens (tertiary/aromatic N) is 2. The second kappa shape index (κ2) is 4.91. The number of aromatic nitrogens is 3. The van der Waals surface area contributed by atoms with E-state index in [2.05, 4.69) is 16.8 Å². The largest absolute Gasteiger partial charge is 0.382 e. The Labute approximate surface area is 133 Å². The highest BCUT2D eigenvalue weighted by Gasteiger charge is 2.24. The summed E-state index contributed by atoms with van der Waals surface area (Å²) in [5.74, 6) is 0.237. The number of allylic oxidation sites excluding steroid dienone is 1. The molecular weight excluding hydrogens is 291 g/mol. The summed E-state index contributed by atoms with van der Waals surface area (Å²) >= 11 is 0. The van der Waals surface area contributed by atoms with Gasteiger partial charge in [-0.2, -0.15) is 5.10 Å². The maximum atomic E-state index is 13.4. The van der Waals surface area contributed by atoms with Crippen LogP contribution in [0.15, 0.2) is 30.4 Å². The van der Waals surface area contributed by atoms with Crippen molar-refractivity contribution in [1.82, 2.24) is 15.2 Å². The molecule has 0 saturated carbocycles. The number of halogens is 1. The second-order valence-corrected chi connectivity index (χ2v) is 6.14. The van der Waals surface area contributed by atoms with Crippen molar-refractivity contribution in [2.45, 2.75) is 26.2 Å². The zero-order valence-corrected chi connectivity index (χ0v) is 12.9. The normalized spacial score (nSPS) is 14.3. The molecular formula is C18H17FN4. The van der Waals surface area contributed by atoms with Gasteiger partial charge in [0.25, 0.3) is 0 Å². The van der Waals surface area contributed by atoms with Gasteiger partial charge in [-0.05, 0) is 61.1 Å². The number of hydrogen-bond donors (Lipinski definition) is 2. The lowest BCUT2D eigenvalue weighted by Gasteiger charge is -2.22. The zero-order valence-electron chi connectivity index (χ0n) is 12.9. The molecule has 3 aromatic rings. The zero-order chi connectivity index (χ0) is 16.1. The van der Waals surface area contributed by atoms with Gasteiger partial charge in [-0.25, -0.2) is 9.37 Å². The average Bonchev–Trinajstić information content (AvgIpc) is 2.88. The summed E-state index contributed by atoms with van der Waals surface area (Å²) in [5, 5.41) is 7.90. The number of nitrogen functional groups attached to an aromatic ring is 1. The fourth-order valence-corrected chi connectivity index (χ4v) is 3.42. The third-order valence-corrected chi connectivity index (χ3v) is 4.55. The maximum absolute atomic E-state index is 13.4. The van der Waals surface area contributed by atoms with Crippen LogP contribution >= 0.6 is 0 Å². The van der Waals surface area contributed by atoms with E-state index in [0.717, 1.165) is 47.0 Å². The number of aromatic amines is 1. The fraction of sp³-hybridized carbons (Fsp3) is 0.222. The van der Waals surface area contributed by atoms with Crippen molar-refractivity contribution in [3.63, 3.8) is 0 Å². The summed E-state index contributed by atoms with van der Waals surface area (Å²) in [7, 11) is 0. The minimum Gasteiger partial charge on any atom is -0.382 e. The molecule has 0 saturated heterocycles. The van der Waals surface area contributed by atoms with E-state index in [1.165, 1.54) is 23.3 Å². The number of pyridine rings is 1. The number of H-pyrrole nitrogens is 1. The van der Waals surface area contributed by atoms with E-state index in [0.29, 0.717) is 11.5 Å². The van der Waals surface area contributed by atoms with E-state index in [1.807, 2.05) is 6.92 Å². The maximum Gasteiger partial charge on any atom is 0.158 e. The molecule has 2 heterocycles. The van der Waals surface area contributed by atoms with Crippen molar-refractivity contribution in [3.05, 3.63) is 52.9 Å². The number of anilines is 1. The van der Waals surface area contributed by atoms with Gasteiger partial charge in [0.1, 0.15) is 5.82 Å². The summed E-state index contributed by atoms with van der Waals surface area (Å²) in [6, 6.07) is 4.81. The topological polar surface area (TPSA) is 67.6 Å². The van der Waals surface area contributed by atoms with Crippen molar-refractivity contribution >= 4 is 16.9 Å². The smallest absolute Gasteiger partial charge is 0.158 e. The lowest BCUT2D eigenvalue weighted by Crippen LogP contribution is -2.10. The molecule has 0 spiro atoms. The monoisotopic (exact) mass is 308 g/mol. The number of nitrogens with two attached hydrogens (primary N) is 1. The van der Waals surface area contributed by atoms with Crippen LogP contribution in [-0.4, -0.2) is 15.2 Å². The van der Waals surface area contributed by atoms with Crippen LogP contribution in [0.2, 0.25) is 0 Å². The van der Waals surface area contributed by atoms with Crippen LogP contribution in [0, 0.1) is 12.7 Å². The number of fused-ring (bicyclic) bond motifs is 3. The first kappa shape index (κ1) is 13.9. The highest BCUT2D eigenvalue weighted by Crippen LogP contribution is 2.38. The Kier molecular flexibility index (Phi) is 2.98. The second-order valence-electron chi connectivity index (χ2n) is 6.14. The third-order valence-electron chi connectivity index (χ3n) is 4.55. The van der Waals surface area contributed by atoms with Crippen molar-refractivity contribution in [1.29, 1.82) is 0 Å². The Morgan fingerprint density at radius 3 is 2.87 bits per heavy atom. The molecule has 0 amide bonds. The minimum absolute atomic E-state index is 0.236. The summed E-state index contributed by atoms with van der Waals surface area (Å²) in [6.07, 6.45) is 2.59. The number of benzene rings is 1. The van der Waals surface area contributed by atoms with E-state index in [-0.39, 0.29) is 5.82 Å². The van der Waals surface area contributed by atoms with Crippen LogP contribution in [0.25, 0.3) is 22.3 Å². The fourth-order valence-electron chi connectivity index (χ4n) is 3.42. The first-order chi connectivity index (χ1) is 11.0. The van der Waals surface area contributed by atoms with Crippen molar-refractivity contribution in [2.75, 3.05) is 5.73 Å². The van der Waals surface area contributed by atoms with Gasteiger partial charge in [-0.1, -0.05) is 12.2 Å². The predicted molar refractivity (Wildman–Crippen MR) is 89.6 cm³/mol. The molecule has 23 heavy (non-hydrogen) atoms. The minimum atomic E-state index is -0.236. The van der Waals surface area contributed by atoms with Crippen LogP contribution < -0.4 is 5.73 Å². The molecule has 2 aromatic heterocycles. The lowest BCUT2D eigenvalue weighted by molar-refractivity contribution is 0.627. The molecule has 0 atom stereocenters.